The molecule has 0 unspecified atom stereocenters. The number of nitrogens with zero attached hydrogens (tertiary/aromatic N) is 1. The van der Waals surface area contributed by atoms with Gasteiger partial charge in [0.25, 0.3) is 0 Å². The summed E-state index contributed by atoms with van der Waals surface area (Å²) in [7, 11) is 1.67. The number of rotatable bonds is 4. The zero-order chi connectivity index (χ0) is 10.8. The average Bonchev–Trinajstić information content (AvgIpc) is 3.01. The Labute approximate surface area is 90.4 Å². The lowest BCUT2D eigenvalue weighted by Crippen LogP contribution is -2.03. The normalized spacial score (nSPS) is 15.5. The van der Waals surface area contributed by atoms with Crippen molar-refractivity contribution in [3.8, 4) is 11.5 Å². The van der Waals surface area contributed by atoms with Crippen LogP contribution < -0.4 is 9.47 Å². The van der Waals surface area contributed by atoms with Gasteiger partial charge in [-0.2, -0.15) is 0 Å². The molecule has 0 bridgehead atoms. The van der Waals surface area contributed by atoms with E-state index in [2.05, 4.69) is 18.8 Å². The van der Waals surface area contributed by atoms with Crippen LogP contribution in [0.1, 0.15) is 38.3 Å². The van der Waals surface area contributed by atoms with E-state index in [0.717, 1.165) is 30.0 Å². The van der Waals surface area contributed by atoms with Crippen LogP contribution >= 0.6 is 0 Å². The minimum atomic E-state index is 0.350. The van der Waals surface area contributed by atoms with Gasteiger partial charge in [-0.3, -0.25) is 4.98 Å². The van der Waals surface area contributed by atoms with Crippen molar-refractivity contribution in [2.75, 3.05) is 7.11 Å². The molecule has 82 valence electrons. The smallest absolute Gasteiger partial charge is 0.182 e. The van der Waals surface area contributed by atoms with Gasteiger partial charge in [0.05, 0.1) is 18.9 Å². The van der Waals surface area contributed by atoms with E-state index >= 15 is 0 Å². The molecule has 1 heterocycles. The second-order valence-electron chi connectivity index (χ2n) is 4.20. The number of aromatic nitrogens is 1. The quantitative estimate of drug-likeness (QED) is 0.760. The van der Waals surface area contributed by atoms with E-state index in [4.69, 9.17) is 9.47 Å². The molecule has 0 spiro atoms. The van der Waals surface area contributed by atoms with E-state index in [0.29, 0.717) is 12.0 Å². The Bertz CT molecular complexity index is 345. The molecule has 0 aliphatic heterocycles. The summed E-state index contributed by atoms with van der Waals surface area (Å²) < 4.78 is 11.2. The van der Waals surface area contributed by atoms with Crippen molar-refractivity contribution in [3.05, 3.63) is 18.0 Å². The molecule has 3 heteroatoms. The van der Waals surface area contributed by atoms with Crippen LogP contribution in [0.15, 0.2) is 12.3 Å². The number of hydrogen-bond donors (Lipinski definition) is 0. The lowest BCUT2D eigenvalue weighted by molar-refractivity contribution is 0.279. The summed E-state index contributed by atoms with van der Waals surface area (Å²) in [6, 6.07) is 1.88. The Morgan fingerprint density at radius 3 is 2.67 bits per heavy atom. The molecule has 1 fully saturated rings. The summed E-state index contributed by atoms with van der Waals surface area (Å²) in [6.45, 7) is 4.21. The first kappa shape index (κ1) is 10.3. The van der Waals surface area contributed by atoms with E-state index in [-0.39, 0.29) is 0 Å². The zero-order valence-corrected chi connectivity index (χ0v) is 9.49. The molecule has 2 rings (SSSR count). The van der Waals surface area contributed by atoms with Crippen LogP contribution in [-0.2, 0) is 0 Å². The maximum absolute atomic E-state index is 5.77. The Morgan fingerprint density at radius 2 is 2.13 bits per heavy atom. The summed E-state index contributed by atoms with van der Waals surface area (Å²) in [4.78, 5) is 4.33. The van der Waals surface area contributed by atoms with Crippen molar-refractivity contribution < 1.29 is 9.47 Å². The van der Waals surface area contributed by atoms with Crippen LogP contribution in [0, 0.1) is 0 Å². The third-order valence-electron chi connectivity index (χ3n) is 2.46. The van der Waals surface area contributed by atoms with Crippen LogP contribution in [-0.4, -0.2) is 18.2 Å². The minimum absolute atomic E-state index is 0.350. The number of methoxy groups -OCH3 is 1. The molecule has 3 nitrogen and oxygen atoms in total. The molecule has 0 N–H and O–H groups in total. The fraction of sp³-hybridized carbons (Fsp3) is 0.583. The summed E-state index contributed by atoms with van der Waals surface area (Å²) in [5, 5.41) is 0. The van der Waals surface area contributed by atoms with Crippen molar-refractivity contribution in [2.24, 2.45) is 0 Å². The summed E-state index contributed by atoms with van der Waals surface area (Å²) in [5.41, 5.74) is 0.968. The molecule has 1 aliphatic rings. The van der Waals surface area contributed by atoms with Gasteiger partial charge in [0.2, 0.25) is 0 Å². The van der Waals surface area contributed by atoms with E-state index in [1.165, 1.54) is 0 Å². The summed E-state index contributed by atoms with van der Waals surface area (Å²) in [5.74, 6) is 1.97. The molecule has 0 aromatic carbocycles. The molecule has 15 heavy (non-hydrogen) atoms. The zero-order valence-electron chi connectivity index (χ0n) is 9.49. The highest BCUT2D eigenvalue weighted by Gasteiger charge is 2.26. The summed E-state index contributed by atoms with van der Waals surface area (Å²) in [6.07, 6.45) is 4.49. The second kappa shape index (κ2) is 4.09. The van der Waals surface area contributed by atoms with Crippen LogP contribution in [0.3, 0.4) is 0 Å². The van der Waals surface area contributed by atoms with E-state index < -0.39 is 0 Å². The highest BCUT2D eigenvalue weighted by Crippen LogP contribution is 2.37. The first-order valence-corrected chi connectivity index (χ1v) is 5.42. The fourth-order valence-electron chi connectivity index (χ4n) is 1.52. The van der Waals surface area contributed by atoms with Gasteiger partial charge in [0.15, 0.2) is 11.5 Å². The van der Waals surface area contributed by atoms with Crippen molar-refractivity contribution in [1.82, 2.24) is 4.98 Å². The van der Waals surface area contributed by atoms with Crippen molar-refractivity contribution in [3.63, 3.8) is 0 Å². The Morgan fingerprint density at radius 1 is 1.40 bits per heavy atom. The van der Waals surface area contributed by atoms with Gasteiger partial charge in [-0.1, -0.05) is 13.8 Å². The van der Waals surface area contributed by atoms with E-state index in [1.54, 1.807) is 13.3 Å². The van der Waals surface area contributed by atoms with Crippen LogP contribution in [0.25, 0.3) is 0 Å². The number of ether oxygens (including phenoxy) is 2. The molecule has 0 atom stereocenters. The van der Waals surface area contributed by atoms with Crippen LogP contribution in [0.5, 0.6) is 11.5 Å². The molecule has 0 amide bonds. The topological polar surface area (TPSA) is 31.4 Å². The third-order valence-corrected chi connectivity index (χ3v) is 2.46. The molecule has 1 aliphatic carbocycles. The van der Waals surface area contributed by atoms with Crippen molar-refractivity contribution in [2.45, 2.75) is 38.7 Å². The van der Waals surface area contributed by atoms with Gasteiger partial charge in [-0.05, 0) is 18.8 Å². The maximum Gasteiger partial charge on any atom is 0.182 e. The van der Waals surface area contributed by atoms with E-state index in [1.807, 2.05) is 6.07 Å². The first-order valence-electron chi connectivity index (χ1n) is 5.42. The molecular formula is C12H17NO2. The second-order valence-corrected chi connectivity index (χ2v) is 4.20. The lowest BCUT2D eigenvalue weighted by Gasteiger charge is -2.14. The summed E-state index contributed by atoms with van der Waals surface area (Å²) >= 11 is 0. The highest BCUT2D eigenvalue weighted by atomic mass is 16.5. The standard InChI is InChI=1S/C12H17NO2/c1-8(2)11-12(14-3)10(6-7-13-11)15-9-4-5-9/h6-9H,4-5H2,1-3H3. The van der Waals surface area contributed by atoms with Crippen molar-refractivity contribution >= 4 is 0 Å². The van der Waals surface area contributed by atoms with Gasteiger partial charge in [0.1, 0.15) is 0 Å². The fourth-order valence-corrected chi connectivity index (χ4v) is 1.52. The third kappa shape index (κ3) is 2.22. The number of hydrogen-bond acceptors (Lipinski definition) is 3. The Kier molecular flexibility index (Phi) is 2.80. The predicted molar refractivity (Wildman–Crippen MR) is 58.5 cm³/mol. The molecule has 1 saturated carbocycles. The van der Waals surface area contributed by atoms with E-state index in [9.17, 15) is 0 Å². The highest BCUT2D eigenvalue weighted by molar-refractivity contribution is 5.44. The lowest BCUT2D eigenvalue weighted by atomic mass is 10.1. The maximum atomic E-state index is 5.77. The van der Waals surface area contributed by atoms with Gasteiger partial charge in [-0.15, -0.1) is 0 Å². The SMILES string of the molecule is COc1c(OC2CC2)ccnc1C(C)C. The van der Waals surface area contributed by atoms with Crippen LogP contribution in [0.4, 0.5) is 0 Å². The molecule has 0 radical (unpaired) electrons. The van der Waals surface area contributed by atoms with Crippen LogP contribution in [0.2, 0.25) is 0 Å². The molecule has 0 saturated heterocycles. The predicted octanol–water partition coefficient (Wildman–Crippen LogP) is 2.75. The average molecular weight is 207 g/mol. The van der Waals surface area contributed by atoms with Gasteiger partial charge < -0.3 is 9.47 Å². The largest absolute Gasteiger partial charge is 0.491 e. The van der Waals surface area contributed by atoms with Gasteiger partial charge >= 0.3 is 0 Å². The van der Waals surface area contributed by atoms with Gasteiger partial charge in [0, 0.05) is 12.3 Å². The first-order chi connectivity index (χ1) is 7.22. The van der Waals surface area contributed by atoms with Gasteiger partial charge in [-0.25, -0.2) is 0 Å². The molecular weight excluding hydrogens is 190 g/mol. The van der Waals surface area contributed by atoms with Crippen molar-refractivity contribution in [1.29, 1.82) is 0 Å². The molecule has 1 aromatic heterocycles. The minimum Gasteiger partial charge on any atom is -0.491 e. The Hall–Kier alpha value is -1.25. The number of pyridine rings is 1. The monoisotopic (exact) mass is 207 g/mol. The Balaban J connectivity index is 2.30. The molecule has 1 aromatic rings.